The Hall–Kier alpha value is -1.34. The number of nitrogens with zero attached hydrogens (tertiary/aromatic N) is 3. The van der Waals surface area contributed by atoms with E-state index in [0.29, 0.717) is 5.16 Å². The van der Waals surface area contributed by atoms with Crippen LogP contribution < -0.4 is 0 Å². The molecule has 0 atom stereocenters. The van der Waals surface area contributed by atoms with E-state index < -0.39 is 5.97 Å². The van der Waals surface area contributed by atoms with Crippen molar-refractivity contribution in [3.63, 3.8) is 0 Å². The second-order valence-corrected chi connectivity index (χ2v) is 6.05. The van der Waals surface area contributed by atoms with Crippen LogP contribution in [0.3, 0.4) is 0 Å². The van der Waals surface area contributed by atoms with Crippen molar-refractivity contribution in [1.82, 2.24) is 14.8 Å². The molecule has 5 nitrogen and oxygen atoms in total. The molecule has 0 aliphatic heterocycles. The Morgan fingerprint density at radius 1 is 1.47 bits per heavy atom. The summed E-state index contributed by atoms with van der Waals surface area (Å²) in [4.78, 5) is 11.9. The van der Waals surface area contributed by atoms with E-state index in [1.54, 1.807) is 11.3 Å². The molecule has 1 N–H and O–H groups in total. The molecule has 2 rings (SSSR count). The number of aliphatic carboxylic acids is 1. The highest BCUT2D eigenvalue weighted by atomic mass is 32.2. The molecule has 0 aromatic carbocycles. The number of hydrogen-bond acceptors (Lipinski definition) is 5. The number of carboxylic acids is 1. The van der Waals surface area contributed by atoms with Gasteiger partial charge in [-0.25, -0.2) is 0 Å². The van der Waals surface area contributed by atoms with Crippen molar-refractivity contribution in [3.05, 3.63) is 28.2 Å². The van der Waals surface area contributed by atoms with Crippen molar-refractivity contribution >= 4 is 29.1 Å². The number of carbonyl (C=O) groups is 1. The number of thiophene rings is 1. The predicted molar refractivity (Wildman–Crippen MR) is 75.7 cm³/mol. The van der Waals surface area contributed by atoms with Gasteiger partial charge in [-0.3, -0.25) is 4.79 Å². The second-order valence-electron chi connectivity index (χ2n) is 4.07. The van der Waals surface area contributed by atoms with Gasteiger partial charge in [0.25, 0.3) is 0 Å². The smallest absolute Gasteiger partial charge is 0.313 e. The van der Waals surface area contributed by atoms with Crippen LogP contribution in [0.1, 0.15) is 17.1 Å². The van der Waals surface area contributed by atoms with Gasteiger partial charge in [0.1, 0.15) is 5.82 Å². The minimum atomic E-state index is -0.841. The zero-order valence-electron chi connectivity index (χ0n) is 10.6. The van der Waals surface area contributed by atoms with E-state index in [4.69, 9.17) is 5.11 Å². The first-order valence-corrected chi connectivity index (χ1v) is 7.78. The average molecular weight is 297 g/mol. The number of aromatic nitrogens is 3. The molecule has 0 radical (unpaired) electrons. The van der Waals surface area contributed by atoms with Crippen molar-refractivity contribution in [2.45, 2.75) is 24.4 Å². The maximum atomic E-state index is 10.5. The zero-order chi connectivity index (χ0) is 13.7. The average Bonchev–Trinajstić information content (AvgIpc) is 2.99. The van der Waals surface area contributed by atoms with E-state index in [-0.39, 0.29) is 5.75 Å². The van der Waals surface area contributed by atoms with E-state index in [1.807, 2.05) is 11.6 Å². The minimum absolute atomic E-state index is 0.0150. The fourth-order valence-corrected chi connectivity index (χ4v) is 3.09. The normalized spacial score (nSPS) is 10.8. The first kappa shape index (κ1) is 14.1. The monoisotopic (exact) mass is 297 g/mol. The van der Waals surface area contributed by atoms with Gasteiger partial charge in [0.15, 0.2) is 5.16 Å². The molecule has 0 amide bonds. The quantitative estimate of drug-likeness (QED) is 0.794. The second kappa shape index (κ2) is 6.72. The molecule has 0 aliphatic rings. The zero-order valence-corrected chi connectivity index (χ0v) is 12.2. The van der Waals surface area contributed by atoms with Gasteiger partial charge in [-0.05, 0) is 24.3 Å². The van der Waals surface area contributed by atoms with Crippen molar-refractivity contribution < 1.29 is 9.90 Å². The predicted octanol–water partition coefficient (Wildman–Crippen LogP) is 2.23. The molecule has 0 saturated carbocycles. The molecule has 2 aromatic rings. The summed E-state index contributed by atoms with van der Waals surface area (Å²) < 4.78 is 1.88. The molecular weight excluding hydrogens is 282 g/mol. The van der Waals surface area contributed by atoms with Crippen molar-refractivity contribution in [3.8, 4) is 0 Å². The summed E-state index contributed by atoms with van der Waals surface area (Å²) in [5.41, 5.74) is 0. The van der Waals surface area contributed by atoms with Gasteiger partial charge < -0.3 is 9.67 Å². The Morgan fingerprint density at radius 2 is 2.32 bits per heavy atom. The summed E-state index contributed by atoms with van der Waals surface area (Å²) in [5, 5.41) is 19.5. The minimum Gasteiger partial charge on any atom is -0.481 e. The standard InChI is InChI=1S/C12H15N3O2S2/c1-15-10(6-2-4-9-5-3-7-18-9)13-14-12(15)19-8-11(16)17/h3,5,7H,2,4,6,8H2,1H3,(H,16,17). The lowest BCUT2D eigenvalue weighted by molar-refractivity contribution is -0.133. The summed E-state index contributed by atoms with van der Waals surface area (Å²) in [6, 6.07) is 4.19. The molecule has 102 valence electrons. The highest BCUT2D eigenvalue weighted by molar-refractivity contribution is 7.99. The fraction of sp³-hybridized carbons (Fsp3) is 0.417. The van der Waals surface area contributed by atoms with E-state index in [2.05, 4.69) is 27.7 Å². The van der Waals surface area contributed by atoms with Crippen LogP contribution >= 0.6 is 23.1 Å². The van der Waals surface area contributed by atoms with E-state index >= 15 is 0 Å². The van der Waals surface area contributed by atoms with Crippen LogP contribution in [0.25, 0.3) is 0 Å². The Kier molecular flexibility index (Phi) is 4.98. The van der Waals surface area contributed by atoms with Gasteiger partial charge in [0, 0.05) is 18.3 Å². The highest BCUT2D eigenvalue weighted by Gasteiger charge is 2.10. The van der Waals surface area contributed by atoms with Crippen LogP contribution in [-0.2, 0) is 24.7 Å². The molecule has 0 bridgehead atoms. The summed E-state index contributed by atoms with van der Waals surface area (Å²) >= 11 is 2.97. The van der Waals surface area contributed by atoms with E-state index in [0.717, 1.165) is 25.1 Å². The highest BCUT2D eigenvalue weighted by Crippen LogP contribution is 2.17. The maximum Gasteiger partial charge on any atom is 0.313 e. The molecule has 0 spiro atoms. The summed E-state index contributed by atoms with van der Waals surface area (Å²) in [7, 11) is 1.88. The maximum absolute atomic E-state index is 10.5. The molecule has 7 heteroatoms. The van der Waals surface area contributed by atoms with Gasteiger partial charge in [0.05, 0.1) is 5.75 Å². The third-order valence-corrected chi connectivity index (χ3v) is 4.59. The lowest BCUT2D eigenvalue weighted by Crippen LogP contribution is -2.03. The Labute approximate surface area is 119 Å². The van der Waals surface area contributed by atoms with Crippen molar-refractivity contribution in [1.29, 1.82) is 0 Å². The molecule has 19 heavy (non-hydrogen) atoms. The molecule has 0 unspecified atom stereocenters. The van der Waals surface area contributed by atoms with Crippen molar-refractivity contribution in [2.75, 3.05) is 5.75 Å². The third-order valence-electron chi connectivity index (χ3n) is 2.65. The first-order chi connectivity index (χ1) is 9.16. The van der Waals surface area contributed by atoms with Gasteiger partial charge in [0.2, 0.25) is 0 Å². The first-order valence-electron chi connectivity index (χ1n) is 5.92. The third kappa shape index (κ3) is 4.07. The van der Waals surface area contributed by atoms with E-state index in [1.165, 1.54) is 16.6 Å². The molecule has 0 saturated heterocycles. The van der Waals surface area contributed by atoms with Crippen LogP contribution in [0.5, 0.6) is 0 Å². The fourth-order valence-electron chi connectivity index (χ4n) is 1.69. The van der Waals surface area contributed by atoms with Gasteiger partial charge >= 0.3 is 5.97 Å². The Balaban J connectivity index is 1.85. The molecule has 0 aliphatic carbocycles. The van der Waals surface area contributed by atoms with Crippen molar-refractivity contribution in [2.24, 2.45) is 7.05 Å². The lowest BCUT2D eigenvalue weighted by atomic mass is 10.2. The topological polar surface area (TPSA) is 68.0 Å². The number of aryl methyl sites for hydroxylation is 2. The van der Waals surface area contributed by atoms with Crippen LogP contribution in [0.15, 0.2) is 22.7 Å². The van der Waals surface area contributed by atoms with E-state index in [9.17, 15) is 4.79 Å². The summed E-state index contributed by atoms with van der Waals surface area (Å²) in [5.74, 6) is 0.0814. The SMILES string of the molecule is Cn1c(CCCc2cccs2)nnc1SCC(=O)O. The Morgan fingerprint density at radius 3 is 3.00 bits per heavy atom. The number of thioether (sulfide) groups is 1. The number of rotatable bonds is 7. The lowest BCUT2D eigenvalue weighted by Gasteiger charge is -2.02. The van der Waals surface area contributed by atoms with Gasteiger partial charge in [-0.15, -0.1) is 21.5 Å². The molecule has 0 fully saturated rings. The van der Waals surface area contributed by atoms with Crippen LogP contribution in [0.4, 0.5) is 0 Å². The number of carboxylic acid groups (broad SMARTS) is 1. The molecule has 2 aromatic heterocycles. The van der Waals surface area contributed by atoms with Gasteiger partial charge in [-0.1, -0.05) is 17.8 Å². The summed E-state index contributed by atoms with van der Waals surface area (Å²) in [6.07, 6.45) is 2.92. The van der Waals surface area contributed by atoms with Gasteiger partial charge in [-0.2, -0.15) is 0 Å². The molecule has 2 heterocycles. The largest absolute Gasteiger partial charge is 0.481 e. The number of hydrogen-bond donors (Lipinski definition) is 1. The Bertz CT molecular complexity index is 537. The molecular formula is C12H15N3O2S2. The van der Waals surface area contributed by atoms with Crippen LogP contribution in [0, 0.1) is 0 Å². The van der Waals surface area contributed by atoms with Crippen LogP contribution in [-0.4, -0.2) is 31.6 Å². The summed E-state index contributed by atoms with van der Waals surface area (Å²) in [6.45, 7) is 0. The van der Waals surface area contributed by atoms with Crippen LogP contribution in [0.2, 0.25) is 0 Å².